The maximum absolute atomic E-state index is 13.3. The number of hydrogen-bond donors (Lipinski definition) is 1. The molecule has 5 nitrogen and oxygen atoms in total. The van der Waals surface area contributed by atoms with E-state index in [1.165, 1.54) is 28.6 Å². The molecule has 1 aliphatic heterocycles. The SMILES string of the molecule is O=C(Nc1ccc(F)c(F)c1)[C@@H]1CCCN(S(=O)(=O)c2cc(Cl)ccc2Cl)C1. The van der Waals surface area contributed by atoms with Gasteiger partial charge in [-0.05, 0) is 43.2 Å². The van der Waals surface area contributed by atoms with Gasteiger partial charge in [-0.1, -0.05) is 23.2 Å². The Morgan fingerprint density at radius 3 is 2.57 bits per heavy atom. The summed E-state index contributed by atoms with van der Waals surface area (Å²) in [4.78, 5) is 12.4. The first-order chi connectivity index (χ1) is 13.2. The number of benzene rings is 2. The van der Waals surface area contributed by atoms with Gasteiger partial charge in [0.1, 0.15) is 4.90 Å². The van der Waals surface area contributed by atoms with E-state index in [0.29, 0.717) is 12.8 Å². The lowest BCUT2D eigenvalue weighted by atomic mass is 9.98. The summed E-state index contributed by atoms with van der Waals surface area (Å²) in [5, 5.41) is 2.77. The zero-order chi connectivity index (χ0) is 20.5. The molecule has 2 aromatic carbocycles. The van der Waals surface area contributed by atoms with Crippen molar-refractivity contribution < 1.29 is 22.0 Å². The van der Waals surface area contributed by atoms with Gasteiger partial charge in [-0.25, -0.2) is 17.2 Å². The van der Waals surface area contributed by atoms with Crippen molar-refractivity contribution in [2.75, 3.05) is 18.4 Å². The van der Waals surface area contributed by atoms with E-state index >= 15 is 0 Å². The Kier molecular flexibility index (Phi) is 6.24. The molecule has 28 heavy (non-hydrogen) atoms. The van der Waals surface area contributed by atoms with Gasteiger partial charge < -0.3 is 5.32 Å². The first-order valence-electron chi connectivity index (χ1n) is 8.39. The molecule has 0 aromatic heterocycles. The number of piperidine rings is 1. The predicted octanol–water partition coefficient (Wildman–Crippen LogP) is 4.31. The molecular weight excluding hydrogens is 433 g/mol. The third-order valence-electron chi connectivity index (χ3n) is 4.45. The quantitative estimate of drug-likeness (QED) is 0.757. The van der Waals surface area contributed by atoms with Gasteiger partial charge in [-0.2, -0.15) is 4.31 Å². The zero-order valence-electron chi connectivity index (χ0n) is 14.5. The highest BCUT2D eigenvalue weighted by Crippen LogP contribution is 2.30. The molecular formula is C18H16Cl2F2N2O3S. The fraction of sp³-hybridized carbons (Fsp3) is 0.278. The van der Waals surface area contributed by atoms with Gasteiger partial charge in [0.2, 0.25) is 15.9 Å². The summed E-state index contributed by atoms with van der Waals surface area (Å²) in [6.45, 7) is 0.181. The van der Waals surface area contributed by atoms with Gasteiger partial charge in [-0.3, -0.25) is 4.79 Å². The molecule has 1 N–H and O–H groups in total. The minimum Gasteiger partial charge on any atom is -0.326 e. The monoisotopic (exact) mass is 448 g/mol. The highest BCUT2D eigenvalue weighted by molar-refractivity contribution is 7.89. The van der Waals surface area contributed by atoms with Gasteiger partial charge in [0.15, 0.2) is 11.6 Å². The molecule has 0 saturated carbocycles. The lowest BCUT2D eigenvalue weighted by Gasteiger charge is -2.31. The highest BCUT2D eigenvalue weighted by atomic mass is 35.5. The molecule has 2 aromatic rings. The summed E-state index contributed by atoms with van der Waals surface area (Å²) in [6, 6.07) is 7.16. The Bertz CT molecular complexity index is 1020. The number of nitrogens with one attached hydrogen (secondary N) is 1. The van der Waals surface area contributed by atoms with Crippen molar-refractivity contribution in [3.05, 3.63) is 58.1 Å². The third kappa shape index (κ3) is 4.46. The molecule has 1 atom stereocenters. The number of carbonyl (C=O) groups excluding carboxylic acids is 1. The molecule has 0 spiro atoms. The topological polar surface area (TPSA) is 66.5 Å². The van der Waals surface area contributed by atoms with Gasteiger partial charge in [-0.15, -0.1) is 0 Å². The minimum atomic E-state index is -3.94. The Balaban J connectivity index is 1.76. The van der Waals surface area contributed by atoms with Gasteiger partial charge in [0.05, 0.1) is 10.9 Å². The Labute approximate surface area is 171 Å². The molecule has 0 radical (unpaired) electrons. The van der Waals surface area contributed by atoms with Gasteiger partial charge in [0, 0.05) is 29.9 Å². The molecule has 0 aliphatic carbocycles. The van der Waals surface area contributed by atoms with Crippen molar-refractivity contribution in [2.45, 2.75) is 17.7 Å². The van der Waals surface area contributed by atoms with Crippen molar-refractivity contribution in [3.8, 4) is 0 Å². The Hall–Kier alpha value is -1.74. The fourth-order valence-electron chi connectivity index (χ4n) is 3.01. The number of carbonyl (C=O) groups is 1. The average molecular weight is 449 g/mol. The van der Waals surface area contributed by atoms with Crippen LogP contribution in [0.2, 0.25) is 10.0 Å². The second-order valence-corrected chi connectivity index (χ2v) is 9.15. The predicted molar refractivity (Wildman–Crippen MR) is 103 cm³/mol. The van der Waals surface area contributed by atoms with Crippen LogP contribution in [0.5, 0.6) is 0 Å². The van der Waals surface area contributed by atoms with Crippen LogP contribution in [0.3, 0.4) is 0 Å². The van der Waals surface area contributed by atoms with E-state index in [-0.39, 0.29) is 33.7 Å². The number of nitrogens with zero attached hydrogens (tertiary/aromatic N) is 1. The molecule has 1 amide bonds. The summed E-state index contributed by atoms with van der Waals surface area (Å²) >= 11 is 11.9. The number of halogens is 4. The van der Waals surface area contributed by atoms with Crippen LogP contribution in [0.4, 0.5) is 14.5 Å². The summed E-state index contributed by atoms with van der Waals surface area (Å²) in [5.41, 5.74) is 0.0989. The molecule has 10 heteroatoms. The molecule has 0 bridgehead atoms. The van der Waals surface area contributed by atoms with E-state index in [0.717, 1.165) is 12.1 Å². The molecule has 0 unspecified atom stereocenters. The van der Waals surface area contributed by atoms with E-state index in [1.54, 1.807) is 0 Å². The van der Waals surface area contributed by atoms with Crippen molar-refractivity contribution in [3.63, 3.8) is 0 Å². The normalized spacial score (nSPS) is 18.1. The first kappa shape index (κ1) is 21.0. The summed E-state index contributed by atoms with van der Waals surface area (Å²) < 4.78 is 53.4. The lowest BCUT2D eigenvalue weighted by Crippen LogP contribution is -2.43. The number of rotatable bonds is 4. The zero-order valence-corrected chi connectivity index (χ0v) is 16.8. The maximum Gasteiger partial charge on any atom is 0.244 e. The molecule has 1 heterocycles. The second-order valence-electron chi connectivity index (χ2n) is 6.40. The maximum atomic E-state index is 13.3. The average Bonchev–Trinajstić information content (AvgIpc) is 2.66. The summed E-state index contributed by atoms with van der Waals surface area (Å²) in [6.07, 6.45) is 0.929. The second kappa shape index (κ2) is 8.32. The van der Waals surface area contributed by atoms with Crippen molar-refractivity contribution >= 4 is 44.8 Å². The summed E-state index contributed by atoms with van der Waals surface area (Å²) in [5.74, 6) is -3.22. The van der Waals surface area contributed by atoms with Crippen LogP contribution in [-0.4, -0.2) is 31.7 Å². The van der Waals surface area contributed by atoms with Crippen LogP contribution >= 0.6 is 23.2 Å². The van der Waals surface area contributed by atoms with Crippen molar-refractivity contribution in [1.29, 1.82) is 0 Å². The minimum absolute atomic E-state index is 0.0396. The van der Waals surface area contributed by atoms with Gasteiger partial charge >= 0.3 is 0 Å². The largest absolute Gasteiger partial charge is 0.326 e. The Morgan fingerprint density at radius 1 is 1.11 bits per heavy atom. The molecule has 1 fully saturated rings. The number of anilines is 1. The van der Waals surface area contributed by atoms with E-state index in [9.17, 15) is 22.0 Å². The molecule has 1 saturated heterocycles. The fourth-order valence-corrected chi connectivity index (χ4v) is 5.27. The first-order valence-corrected chi connectivity index (χ1v) is 10.6. The van der Waals surface area contributed by atoms with Crippen LogP contribution < -0.4 is 5.32 Å². The van der Waals surface area contributed by atoms with Crippen LogP contribution in [0.15, 0.2) is 41.3 Å². The standard InChI is InChI=1S/C18H16Cl2F2N2O3S/c19-12-3-5-14(20)17(8-12)28(26,27)24-7-1-2-11(10-24)18(25)23-13-4-6-15(21)16(22)9-13/h3-6,8-9,11H,1-2,7,10H2,(H,23,25)/t11-/m1/s1. The van der Waals surface area contributed by atoms with E-state index < -0.39 is 33.5 Å². The number of amides is 1. The smallest absolute Gasteiger partial charge is 0.244 e. The van der Waals surface area contributed by atoms with Crippen LogP contribution in [0.1, 0.15) is 12.8 Å². The van der Waals surface area contributed by atoms with Crippen LogP contribution in [-0.2, 0) is 14.8 Å². The molecule has 1 aliphatic rings. The van der Waals surface area contributed by atoms with E-state index in [2.05, 4.69) is 5.32 Å². The summed E-state index contributed by atoms with van der Waals surface area (Å²) in [7, 11) is -3.94. The lowest BCUT2D eigenvalue weighted by molar-refractivity contribution is -0.120. The number of hydrogen-bond acceptors (Lipinski definition) is 3. The van der Waals surface area contributed by atoms with Crippen molar-refractivity contribution in [1.82, 2.24) is 4.31 Å². The van der Waals surface area contributed by atoms with E-state index in [4.69, 9.17) is 23.2 Å². The third-order valence-corrected chi connectivity index (χ3v) is 7.03. The van der Waals surface area contributed by atoms with Crippen LogP contribution in [0, 0.1) is 17.6 Å². The Morgan fingerprint density at radius 2 is 1.86 bits per heavy atom. The number of sulfonamides is 1. The molecule has 150 valence electrons. The van der Waals surface area contributed by atoms with Crippen molar-refractivity contribution in [2.24, 2.45) is 5.92 Å². The highest BCUT2D eigenvalue weighted by Gasteiger charge is 2.34. The van der Waals surface area contributed by atoms with Crippen LogP contribution in [0.25, 0.3) is 0 Å². The van der Waals surface area contributed by atoms with Gasteiger partial charge in [0.25, 0.3) is 0 Å². The molecule has 3 rings (SSSR count). The van der Waals surface area contributed by atoms with E-state index in [1.807, 2.05) is 0 Å².